The monoisotopic (exact) mass is 210 g/mol. The molecule has 0 amide bonds. The summed E-state index contributed by atoms with van der Waals surface area (Å²) in [4.78, 5) is 11.5. The summed E-state index contributed by atoms with van der Waals surface area (Å²) in [7, 11) is 0. The van der Waals surface area contributed by atoms with Crippen molar-refractivity contribution in [3.8, 4) is 0 Å². The average Bonchev–Trinajstić information content (AvgIpc) is 2.21. The van der Waals surface area contributed by atoms with Crippen molar-refractivity contribution in [2.45, 2.75) is 46.0 Å². The minimum absolute atomic E-state index is 0.00749. The molecule has 0 aromatic carbocycles. The third kappa shape index (κ3) is 4.17. The third-order valence-corrected chi connectivity index (χ3v) is 3.20. The van der Waals surface area contributed by atoms with E-state index in [9.17, 15) is 4.79 Å². The van der Waals surface area contributed by atoms with Crippen molar-refractivity contribution in [3.63, 3.8) is 0 Å². The number of hydrogen-bond donors (Lipinski definition) is 1. The molecule has 0 saturated carbocycles. The van der Waals surface area contributed by atoms with E-state index in [0.717, 1.165) is 32.1 Å². The Hall–Kier alpha value is -0.630. The highest BCUT2D eigenvalue weighted by Crippen LogP contribution is 2.26. The van der Waals surface area contributed by atoms with E-state index in [1.54, 1.807) is 6.08 Å². The van der Waals surface area contributed by atoms with Crippen LogP contribution in [-0.2, 0) is 4.79 Å². The number of rotatable bonds is 5. The Labute approximate surface area is 92.4 Å². The smallest absolute Gasteiger partial charge is 0.158 e. The van der Waals surface area contributed by atoms with Crippen molar-refractivity contribution in [3.05, 3.63) is 12.2 Å². The Morgan fingerprint density at radius 2 is 2.27 bits per heavy atom. The maximum Gasteiger partial charge on any atom is 0.158 e. The fraction of sp³-hybridized carbons (Fsp3) is 0.769. The number of hydrogen-bond acceptors (Lipinski definition) is 2. The van der Waals surface area contributed by atoms with Gasteiger partial charge in [-0.25, -0.2) is 0 Å². The highest BCUT2D eigenvalue weighted by atomic mass is 16.3. The van der Waals surface area contributed by atoms with E-state index in [4.69, 9.17) is 5.11 Å². The third-order valence-electron chi connectivity index (χ3n) is 3.20. The molecular weight excluding hydrogens is 188 g/mol. The van der Waals surface area contributed by atoms with E-state index in [2.05, 4.69) is 13.8 Å². The van der Waals surface area contributed by atoms with Gasteiger partial charge in [-0.05, 0) is 37.2 Å². The largest absolute Gasteiger partial charge is 0.396 e. The molecule has 1 N–H and O–H groups in total. The predicted molar refractivity (Wildman–Crippen MR) is 61.6 cm³/mol. The van der Waals surface area contributed by atoms with Gasteiger partial charge in [0.15, 0.2) is 5.78 Å². The van der Waals surface area contributed by atoms with Gasteiger partial charge in [-0.2, -0.15) is 0 Å². The molecule has 0 spiro atoms. The van der Waals surface area contributed by atoms with Crippen molar-refractivity contribution in [1.29, 1.82) is 0 Å². The number of carbonyl (C=O) groups excluding carboxylic acids is 1. The van der Waals surface area contributed by atoms with Crippen LogP contribution in [0.5, 0.6) is 0 Å². The highest BCUT2D eigenvalue weighted by Gasteiger charge is 2.21. The van der Waals surface area contributed by atoms with Gasteiger partial charge >= 0.3 is 0 Å². The van der Waals surface area contributed by atoms with Gasteiger partial charge in [-0.15, -0.1) is 0 Å². The van der Waals surface area contributed by atoms with Gasteiger partial charge in [0.25, 0.3) is 0 Å². The molecule has 0 fully saturated rings. The zero-order valence-electron chi connectivity index (χ0n) is 9.83. The molecule has 0 aliphatic heterocycles. The molecule has 0 saturated heterocycles. The van der Waals surface area contributed by atoms with Crippen molar-refractivity contribution in [2.24, 2.45) is 11.3 Å². The summed E-state index contributed by atoms with van der Waals surface area (Å²) in [6.45, 7) is 4.36. The maximum atomic E-state index is 11.5. The predicted octanol–water partition coefficient (Wildman–Crippen LogP) is 2.71. The molecule has 15 heavy (non-hydrogen) atoms. The van der Waals surface area contributed by atoms with Gasteiger partial charge in [0.05, 0.1) is 0 Å². The van der Waals surface area contributed by atoms with Crippen LogP contribution >= 0.6 is 0 Å². The molecule has 1 atom stereocenters. The summed E-state index contributed by atoms with van der Waals surface area (Å²) in [6.07, 6.45) is 8.76. The Morgan fingerprint density at radius 3 is 2.87 bits per heavy atom. The van der Waals surface area contributed by atoms with E-state index < -0.39 is 0 Å². The normalized spacial score (nSPS) is 22.1. The molecule has 1 aliphatic carbocycles. The average molecular weight is 210 g/mol. The number of ketones is 1. The van der Waals surface area contributed by atoms with Crippen LogP contribution in [0.1, 0.15) is 46.0 Å². The number of allylic oxidation sites excluding steroid dienone is 2. The van der Waals surface area contributed by atoms with Crippen LogP contribution in [0, 0.1) is 11.3 Å². The molecule has 1 rings (SSSR count). The van der Waals surface area contributed by atoms with E-state index in [1.807, 2.05) is 6.08 Å². The second-order valence-corrected chi connectivity index (χ2v) is 5.29. The zero-order valence-corrected chi connectivity index (χ0v) is 9.83. The lowest BCUT2D eigenvalue weighted by Gasteiger charge is -2.23. The number of aliphatic hydroxyl groups is 1. The van der Waals surface area contributed by atoms with Crippen LogP contribution in [0.25, 0.3) is 0 Å². The topological polar surface area (TPSA) is 37.3 Å². The summed E-state index contributed by atoms with van der Waals surface area (Å²) in [5, 5.41) is 9.10. The Morgan fingerprint density at radius 1 is 1.53 bits per heavy atom. The Balaban J connectivity index is 2.26. The van der Waals surface area contributed by atoms with Crippen molar-refractivity contribution < 1.29 is 9.90 Å². The molecule has 0 radical (unpaired) electrons. The molecule has 86 valence electrons. The van der Waals surface area contributed by atoms with Crippen LogP contribution in [0.2, 0.25) is 0 Å². The number of aliphatic hydroxyl groups excluding tert-OH is 1. The molecule has 2 heteroatoms. The van der Waals surface area contributed by atoms with E-state index in [1.165, 1.54) is 0 Å². The highest BCUT2D eigenvalue weighted by molar-refractivity contribution is 5.92. The molecular formula is C13H22O2. The zero-order chi connectivity index (χ0) is 11.3. The summed E-state index contributed by atoms with van der Waals surface area (Å²) in [6, 6.07) is 0. The van der Waals surface area contributed by atoms with Crippen LogP contribution in [0.4, 0.5) is 0 Å². The van der Waals surface area contributed by atoms with E-state index in [-0.39, 0.29) is 17.9 Å². The first-order chi connectivity index (χ1) is 7.05. The molecule has 0 heterocycles. The standard InChI is InChI=1S/C13H22O2/c1-13(2,10-14)9-5-7-11-6-3-4-8-12(11)15/h4,8,11,14H,3,5-7,9-10H2,1-2H3. The van der Waals surface area contributed by atoms with Crippen LogP contribution in [-0.4, -0.2) is 17.5 Å². The first-order valence-electron chi connectivity index (χ1n) is 5.86. The van der Waals surface area contributed by atoms with Crippen molar-refractivity contribution in [1.82, 2.24) is 0 Å². The van der Waals surface area contributed by atoms with Gasteiger partial charge in [0.2, 0.25) is 0 Å². The molecule has 1 unspecified atom stereocenters. The lowest BCUT2D eigenvalue weighted by atomic mass is 9.83. The fourth-order valence-corrected chi connectivity index (χ4v) is 1.97. The minimum atomic E-state index is 0.00749. The fourth-order valence-electron chi connectivity index (χ4n) is 1.97. The molecule has 2 nitrogen and oxygen atoms in total. The van der Waals surface area contributed by atoms with E-state index in [0.29, 0.717) is 5.78 Å². The SMILES string of the molecule is CC(C)(CO)CCCC1CCC=CC1=O. The lowest BCUT2D eigenvalue weighted by molar-refractivity contribution is -0.119. The van der Waals surface area contributed by atoms with Gasteiger partial charge in [0.1, 0.15) is 0 Å². The van der Waals surface area contributed by atoms with Crippen LogP contribution < -0.4 is 0 Å². The van der Waals surface area contributed by atoms with Crippen LogP contribution in [0.15, 0.2) is 12.2 Å². The first kappa shape index (κ1) is 12.4. The Bertz CT molecular complexity index is 241. The van der Waals surface area contributed by atoms with Gasteiger partial charge in [-0.3, -0.25) is 4.79 Å². The second kappa shape index (κ2) is 5.45. The lowest BCUT2D eigenvalue weighted by Crippen LogP contribution is -2.19. The van der Waals surface area contributed by atoms with Crippen LogP contribution in [0.3, 0.4) is 0 Å². The van der Waals surface area contributed by atoms with E-state index >= 15 is 0 Å². The van der Waals surface area contributed by atoms with Crippen molar-refractivity contribution in [2.75, 3.05) is 6.61 Å². The minimum Gasteiger partial charge on any atom is -0.396 e. The Kier molecular flexibility index (Phi) is 4.52. The molecule has 0 bridgehead atoms. The quantitative estimate of drug-likeness (QED) is 0.757. The summed E-state index contributed by atoms with van der Waals surface area (Å²) in [5.41, 5.74) is 0.00749. The van der Waals surface area contributed by atoms with Gasteiger partial charge in [0, 0.05) is 12.5 Å². The first-order valence-corrected chi connectivity index (χ1v) is 5.86. The van der Waals surface area contributed by atoms with Gasteiger partial charge in [-0.1, -0.05) is 26.3 Å². The summed E-state index contributed by atoms with van der Waals surface area (Å²) >= 11 is 0. The second-order valence-electron chi connectivity index (χ2n) is 5.29. The summed E-state index contributed by atoms with van der Waals surface area (Å²) in [5.74, 6) is 0.535. The number of carbonyl (C=O) groups is 1. The molecule has 1 aliphatic rings. The maximum absolute atomic E-state index is 11.5. The van der Waals surface area contributed by atoms with Crippen molar-refractivity contribution >= 4 is 5.78 Å². The molecule has 0 aromatic rings. The summed E-state index contributed by atoms with van der Waals surface area (Å²) < 4.78 is 0. The molecule has 0 aromatic heterocycles. The van der Waals surface area contributed by atoms with Gasteiger partial charge < -0.3 is 5.11 Å².